The maximum Gasteiger partial charge on any atom is 0.0922 e. The van der Waals surface area contributed by atoms with E-state index in [-0.39, 0.29) is 0 Å². The van der Waals surface area contributed by atoms with Gasteiger partial charge in [-0.15, -0.1) is 0 Å². The van der Waals surface area contributed by atoms with Gasteiger partial charge < -0.3 is 10.3 Å². The second-order valence-corrected chi connectivity index (χ2v) is 3.59. The number of hydrogen-bond donors (Lipinski definition) is 2. The van der Waals surface area contributed by atoms with E-state index in [2.05, 4.69) is 32.1 Å². The van der Waals surface area contributed by atoms with Gasteiger partial charge in [0.1, 0.15) is 0 Å². The molecule has 0 aliphatic rings. The van der Waals surface area contributed by atoms with Gasteiger partial charge in [-0.3, -0.25) is 0 Å². The van der Waals surface area contributed by atoms with Crippen LogP contribution in [0.2, 0.25) is 0 Å². The third-order valence-corrected chi connectivity index (χ3v) is 2.51. The Labute approximate surface area is 80.8 Å². The highest BCUT2D eigenvalue weighted by Crippen LogP contribution is 2.05. The molecule has 0 amide bonds. The molecule has 0 bridgehead atoms. The van der Waals surface area contributed by atoms with Crippen LogP contribution in [0.5, 0.6) is 0 Å². The number of aromatic nitrogens is 2. The van der Waals surface area contributed by atoms with E-state index in [4.69, 9.17) is 0 Å². The Morgan fingerprint density at radius 3 is 3.15 bits per heavy atom. The van der Waals surface area contributed by atoms with Crippen LogP contribution in [-0.2, 0) is 13.1 Å². The van der Waals surface area contributed by atoms with Crippen molar-refractivity contribution in [1.82, 2.24) is 15.3 Å². The molecule has 2 N–H and O–H groups in total. The average molecular weight is 193 g/mol. The van der Waals surface area contributed by atoms with Crippen LogP contribution in [-0.4, -0.2) is 9.97 Å². The molecular formula is C9H11N3S. The highest BCUT2D eigenvalue weighted by atomic mass is 32.1. The topological polar surface area (TPSA) is 40.7 Å². The first-order valence-electron chi connectivity index (χ1n) is 4.14. The monoisotopic (exact) mass is 193 g/mol. The van der Waals surface area contributed by atoms with Gasteiger partial charge in [0.2, 0.25) is 0 Å². The molecule has 2 heterocycles. The van der Waals surface area contributed by atoms with Gasteiger partial charge in [0.05, 0.1) is 6.33 Å². The van der Waals surface area contributed by atoms with Crippen LogP contribution >= 0.6 is 11.3 Å². The number of nitrogens with one attached hydrogen (secondary N) is 2. The molecule has 68 valence electrons. The third-order valence-electron chi connectivity index (χ3n) is 1.78. The largest absolute Gasteiger partial charge is 0.347 e. The molecule has 0 saturated heterocycles. The summed E-state index contributed by atoms with van der Waals surface area (Å²) in [4.78, 5) is 6.99. The number of aromatic amines is 1. The lowest BCUT2D eigenvalue weighted by atomic mass is 10.3. The molecule has 3 nitrogen and oxygen atoms in total. The molecule has 0 aliphatic carbocycles. The second kappa shape index (κ2) is 4.20. The van der Waals surface area contributed by atoms with E-state index >= 15 is 0 Å². The van der Waals surface area contributed by atoms with Crippen molar-refractivity contribution in [3.63, 3.8) is 0 Å². The molecule has 13 heavy (non-hydrogen) atoms. The van der Waals surface area contributed by atoms with Crippen molar-refractivity contribution in [2.45, 2.75) is 13.1 Å². The minimum atomic E-state index is 0.843. The predicted octanol–water partition coefficient (Wildman–Crippen LogP) is 1.76. The molecule has 2 rings (SSSR count). The van der Waals surface area contributed by atoms with Gasteiger partial charge in [-0.05, 0) is 22.4 Å². The molecule has 0 aliphatic heterocycles. The molecule has 4 heteroatoms. The number of rotatable bonds is 4. The summed E-state index contributed by atoms with van der Waals surface area (Å²) in [5.41, 5.74) is 2.46. The lowest BCUT2D eigenvalue weighted by molar-refractivity contribution is 0.684. The molecule has 2 aromatic rings. The summed E-state index contributed by atoms with van der Waals surface area (Å²) in [6.45, 7) is 1.76. The van der Waals surface area contributed by atoms with E-state index < -0.39 is 0 Å². The molecule has 0 unspecified atom stereocenters. The first-order valence-corrected chi connectivity index (χ1v) is 5.08. The number of H-pyrrole nitrogens is 1. The summed E-state index contributed by atoms with van der Waals surface area (Å²) < 4.78 is 0. The molecule has 0 saturated carbocycles. The van der Waals surface area contributed by atoms with Crippen LogP contribution in [0.1, 0.15) is 11.3 Å². The zero-order valence-corrected chi connectivity index (χ0v) is 7.97. The Hall–Kier alpha value is -1.13. The van der Waals surface area contributed by atoms with Crippen molar-refractivity contribution in [3.05, 3.63) is 40.6 Å². The summed E-state index contributed by atoms with van der Waals surface area (Å²) in [6.07, 6.45) is 3.53. The van der Waals surface area contributed by atoms with Gasteiger partial charge in [0, 0.05) is 25.0 Å². The molecule has 0 radical (unpaired) electrons. The van der Waals surface area contributed by atoms with E-state index in [1.165, 1.54) is 5.56 Å². The first kappa shape index (κ1) is 8.47. The normalized spacial score (nSPS) is 10.5. The Morgan fingerprint density at radius 1 is 1.46 bits per heavy atom. The van der Waals surface area contributed by atoms with Crippen molar-refractivity contribution >= 4 is 11.3 Å². The maximum atomic E-state index is 3.94. The van der Waals surface area contributed by atoms with Crippen LogP contribution < -0.4 is 5.32 Å². The van der Waals surface area contributed by atoms with E-state index in [1.54, 1.807) is 17.7 Å². The standard InChI is InChI=1S/C9H11N3S/c1-2-13-6-8(1)3-10-4-9-5-11-7-12-9/h1-2,5-7,10H,3-4H2,(H,11,12). The molecule has 0 aromatic carbocycles. The van der Waals surface area contributed by atoms with E-state index in [9.17, 15) is 0 Å². The summed E-state index contributed by atoms with van der Waals surface area (Å²) in [5.74, 6) is 0. The summed E-state index contributed by atoms with van der Waals surface area (Å²) in [5, 5.41) is 7.57. The Kier molecular flexibility index (Phi) is 2.74. The van der Waals surface area contributed by atoms with Crippen LogP contribution in [0.3, 0.4) is 0 Å². The molecule has 0 fully saturated rings. The maximum absolute atomic E-state index is 3.94. The predicted molar refractivity (Wildman–Crippen MR) is 53.5 cm³/mol. The van der Waals surface area contributed by atoms with E-state index in [0.717, 1.165) is 18.8 Å². The van der Waals surface area contributed by atoms with Crippen LogP contribution in [0, 0.1) is 0 Å². The fourth-order valence-corrected chi connectivity index (χ4v) is 1.78. The third kappa shape index (κ3) is 2.40. The summed E-state index contributed by atoms with van der Waals surface area (Å²) in [7, 11) is 0. The number of thiophene rings is 1. The average Bonchev–Trinajstić information content (AvgIpc) is 2.75. The van der Waals surface area contributed by atoms with Crippen molar-refractivity contribution in [2.24, 2.45) is 0 Å². The van der Waals surface area contributed by atoms with Crippen molar-refractivity contribution in [2.75, 3.05) is 0 Å². The van der Waals surface area contributed by atoms with Gasteiger partial charge in [-0.2, -0.15) is 11.3 Å². The number of hydrogen-bond acceptors (Lipinski definition) is 3. The summed E-state index contributed by atoms with van der Waals surface area (Å²) >= 11 is 1.73. The fourth-order valence-electron chi connectivity index (χ4n) is 1.12. The van der Waals surface area contributed by atoms with E-state index in [0.29, 0.717) is 0 Å². The SMILES string of the molecule is c1ncc(CNCc2ccsc2)[nH]1. The van der Waals surface area contributed by atoms with Gasteiger partial charge in [0.15, 0.2) is 0 Å². The van der Waals surface area contributed by atoms with Gasteiger partial charge in [-0.1, -0.05) is 0 Å². The Bertz CT molecular complexity index is 291. The van der Waals surface area contributed by atoms with Crippen LogP contribution in [0.25, 0.3) is 0 Å². The van der Waals surface area contributed by atoms with Crippen LogP contribution in [0.4, 0.5) is 0 Å². The zero-order valence-electron chi connectivity index (χ0n) is 7.16. The number of nitrogens with zero attached hydrogens (tertiary/aromatic N) is 1. The minimum absolute atomic E-state index is 0.843. The smallest absolute Gasteiger partial charge is 0.0922 e. The first-order chi connectivity index (χ1) is 6.45. The fraction of sp³-hybridized carbons (Fsp3) is 0.222. The Balaban J connectivity index is 1.76. The lowest BCUT2D eigenvalue weighted by Crippen LogP contribution is -2.12. The quantitative estimate of drug-likeness (QED) is 0.776. The molecule has 0 atom stereocenters. The minimum Gasteiger partial charge on any atom is -0.347 e. The van der Waals surface area contributed by atoms with Gasteiger partial charge in [-0.25, -0.2) is 4.98 Å². The molecule has 0 spiro atoms. The summed E-state index contributed by atoms with van der Waals surface area (Å²) in [6, 6.07) is 2.13. The lowest BCUT2D eigenvalue weighted by Gasteiger charge is -1.99. The molecular weight excluding hydrogens is 182 g/mol. The van der Waals surface area contributed by atoms with E-state index in [1.807, 2.05) is 6.20 Å². The molecule has 2 aromatic heterocycles. The van der Waals surface area contributed by atoms with Crippen molar-refractivity contribution in [1.29, 1.82) is 0 Å². The Morgan fingerprint density at radius 2 is 2.46 bits per heavy atom. The van der Waals surface area contributed by atoms with Gasteiger partial charge in [0.25, 0.3) is 0 Å². The second-order valence-electron chi connectivity index (χ2n) is 2.81. The highest BCUT2D eigenvalue weighted by Gasteiger charge is 1.94. The highest BCUT2D eigenvalue weighted by molar-refractivity contribution is 7.07. The zero-order chi connectivity index (χ0) is 8.93. The number of imidazole rings is 1. The van der Waals surface area contributed by atoms with Gasteiger partial charge >= 0.3 is 0 Å². The van der Waals surface area contributed by atoms with Crippen LogP contribution in [0.15, 0.2) is 29.4 Å². The van der Waals surface area contributed by atoms with Crippen molar-refractivity contribution < 1.29 is 0 Å². The van der Waals surface area contributed by atoms with Crippen molar-refractivity contribution in [3.8, 4) is 0 Å².